The number of rotatable bonds is 61. The number of hydrogen-bond acceptors (Lipinski definition) is 6. The molecule has 6 heteroatoms. The lowest BCUT2D eigenvalue weighted by molar-refractivity contribution is -0.167. The molecule has 0 aromatic heterocycles. The van der Waals surface area contributed by atoms with Gasteiger partial charge in [-0.25, -0.2) is 0 Å². The Morgan fingerprint density at radius 2 is 0.470 bits per heavy atom. The van der Waals surface area contributed by atoms with Gasteiger partial charge in [-0.3, -0.25) is 14.4 Å². The average Bonchev–Trinajstić information content (AvgIpc) is 3.49. The molecule has 0 amide bonds. The van der Waals surface area contributed by atoms with Crippen molar-refractivity contribution in [1.82, 2.24) is 0 Å². The second kappa shape index (κ2) is 69.8. The molecule has 0 spiro atoms. The Bertz CT molecular complexity index is 1800. The zero-order valence-electron chi connectivity index (χ0n) is 53.9. The Hall–Kier alpha value is -4.71. The first-order chi connectivity index (χ1) is 41.0. The van der Waals surface area contributed by atoms with E-state index in [9.17, 15) is 14.4 Å². The summed E-state index contributed by atoms with van der Waals surface area (Å²) in [6, 6.07) is 0. The lowest BCUT2D eigenvalue weighted by Gasteiger charge is -2.18. The minimum atomic E-state index is -0.803. The summed E-state index contributed by atoms with van der Waals surface area (Å²) < 4.78 is 16.9. The topological polar surface area (TPSA) is 78.9 Å². The van der Waals surface area contributed by atoms with E-state index in [1.54, 1.807) is 0 Å². The van der Waals surface area contributed by atoms with Crippen molar-refractivity contribution in [3.63, 3.8) is 0 Å². The highest BCUT2D eigenvalue weighted by Crippen LogP contribution is 2.16. The molecule has 0 aliphatic carbocycles. The number of ether oxygens (including phenoxy) is 3. The third-order valence-corrected chi connectivity index (χ3v) is 14.3. The molecule has 0 rings (SSSR count). The molecule has 0 saturated heterocycles. The van der Waals surface area contributed by atoms with Crippen molar-refractivity contribution in [3.8, 4) is 0 Å². The van der Waals surface area contributed by atoms with E-state index in [2.05, 4.69) is 167 Å². The summed E-state index contributed by atoms with van der Waals surface area (Å²) in [7, 11) is 0. The first-order valence-electron chi connectivity index (χ1n) is 34.3. The highest BCUT2D eigenvalue weighted by atomic mass is 16.6. The van der Waals surface area contributed by atoms with Gasteiger partial charge in [0.1, 0.15) is 13.2 Å². The van der Waals surface area contributed by atoms with Crippen LogP contribution in [0.25, 0.3) is 0 Å². The lowest BCUT2D eigenvalue weighted by Crippen LogP contribution is -2.30. The Balaban J connectivity index is 4.34. The van der Waals surface area contributed by atoms with Crippen molar-refractivity contribution in [1.29, 1.82) is 0 Å². The maximum Gasteiger partial charge on any atom is 0.306 e. The average molecular weight is 1150 g/mol. The predicted octanol–water partition coefficient (Wildman–Crippen LogP) is 23.9. The van der Waals surface area contributed by atoms with E-state index in [0.717, 1.165) is 141 Å². The summed E-state index contributed by atoms with van der Waals surface area (Å²) >= 11 is 0. The normalized spacial score (nSPS) is 13.0. The molecule has 0 aromatic rings. The molecule has 470 valence electrons. The van der Waals surface area contributed by atoms with Gasteiger partial charge in [0.25, 0.3) is 0 Å². The third kappa shape index (κ3) is 68.0. The van der Waals surface area contributed by atoms with E-state index in [-0.39, 0.29) is 31.1 Å². The Kier molecular flexibility index (Phi) is 65.8. The van der Waals surface area contributed by atoms with Gasteiger partial charge in [0.05, 0.1) is 0 Å². The monoisotopic (exact) mass is 1150 g/mol. The predicted molar refractivity (Wildman–Crippen MR) is 362 cm³/mol. The molecule has 0 N–H and O–H groups in total. The summed E-state index contributed by atoms with van der Waals surface area (Å²) in [5, 5.41) is 0. The van der Waals surface area contributed by atoms with E-state index >= 15 is 0 Å². The first-order valence-corrected chi connectivity index (χ1v) is 34.3. The molecule has 1 atom stereocenters. The molecule has 6 nitrogen and oxygen atoms in total. The van der Waals surface area contributed by atoms with Crippen molar-refractivity contribution in [3.05, 3.63) is 146 Å². The van der Waals surface area contributed by atoms with Gasteiger partial charge in [0.2, 0.25) is 0 Å². The molecule has 1 unspecified atom stereocenters. The van der Waals surface area contributed by atoms with Crippen LogP contribution < -0.4 is 0 Å². The van der Waals surface area contributed by atoms with Crippen molar-refractivity contribution in [2.45, 2.75) is 309 Å². The highest BCUT2D eigenvalue weighted by Gasteiger charge is 2.19. The van der Waals surface area contributed by atoms with Gasteiger partial charge in [0, 0.05) is 19.3 Å². The summed E-state index contributed by atoms with van der Waals surface area (Å²) in [5.41, 5.74) is 0. The zero-order chi connectivity index (χ0) is 59.9. The van der Waals surface area contributed by atoms with Crippen LogP contribution in [0.2, 0.25) is 0 Å². The number of carbonyl (C=O) groups is 3. The Labute approximate surface area is 512 Å². The molecule has 0 aliphatic heterocycles. The quantitative estimate of drug-likeness (QED) is 0.0261. The molecule has 0 aliphatic rings. The Morgan fingerprint density at radius 1 is 0.253 bits per heavy atom. The molecule has 0 fully saturated rings. The van der Waals surface area contributed by atoms with Crippen LogP contribution in [-0.2, 0) is 28.6 Å². The standard InChI is InChI=1S/C77H126O6/c1-4-7-10-13-16-19-22-25-28-30-31-32-33-34-35-36-37-38-39-40-41-42-43-44-45-47-49-52-55-58-61-64-67-70-76(79)82-73-74(72-81-75(78)69-66-63-60-57-54-51-48-27-24-21-18-15-12-9-6-3)83-77(80)71-68-65-62-59-56-53-50-46-29-26-23-20-17-14-11-8-5-2/h7,9-10,12,16,18-19,21,25,27-28,31-32,34-35,37-38,40-41,43-44,48,54,57,74H,4-6,8,11,13-15,17,20,22-24,26,29-30,33,36,39,42,45-47,49-53,55-56,58-73H2,1-3H3/b10-7-,12-9-,19-16-,21-18-,28-25-,32-31-,35-34-,38-37-,41-40-,44-43-,48-27-,57-54-. The summed E-state index contributed by atoms with van der Waals surface area (Å²) in [5.74, 6) is -0.941. The van der Waals surface area contributed by atoms with Crippen molar-refractivity contribution in [2.24, 2.45) is 0 Å². The van der Waals surface area contributed by atoms with Crippen LogP contribution in [0.15, 0.2) is 146 Å². The van der Waals surface area contributed by atoms with Crippen LogP contribution in [0.1, 0.15) is 303 Å². The summed E-state index contributed by atoms with van der Waals surface area (Å²) in [4.78, 5) is 38.4. The van der Waals surface area contributed by atoms with E-state index in [1.165, 1.54) is 122 Å². The fourth-order valence-corrected chi connectivity index (χ4v) is 9.27. The van der Waals surface area contributed by atoms with E-state index in [1.807, 2.05) is 0 Å². The van der Waals surface area contributed by atoms with Gasteiger partial charge in [-0.2, -0.15) is 0 Å². The van der Waals surface area contributed by atoms with Crippen LogP contribution in [0.3, 0.4) is 0 Å². The molecule has 0 radical (unpaired) electrons. The molecule has 0 aromatic carbocycles. The smallest absolute Gasteiger partial charge is 0.306 e. The molecule has 0 saturated carbocycles. The first kappa shape index (κ1) is 78.3. The molecular formula is C77H126O6. The maximum absolute atomic E-state index is 12.9. The molecule has 0 bridgehead atoms. The number of allylic oxidation sites excluding steroid dienone is 24. The maximum atomic E-state index is 12.9. The van der Waals surface area contributed by atoms with Gasteiger partial charge in [0.15, 0.2) is 6.10 Å². The number of carbonyl (C=O) groups excluding carboxylic acids is 3. The van der Waals surface area contributed by atoms with Crippen LogP contribution in [0.4, 0.5) is 0 Å². The molecular weight excluding hydrogens is 1020 g/mol. The van der Waals surface area contributed by atoms with E-state index in [4.69, 9.17) is 14.2 Å². The number of hydrogen-bond donors (Lipinski definition) is 0. The van der Waals surface area contributed by atoms with Crippen molar-refractivity contribution >= 4 is 17.9 Å². The minimum Gasteiger partial charge on any atom is -0.462 e. The zero-order valence-corrected chi connectivity index (χ0v) is 53.9. The van der Waals surface area contributed by atoms with Crippen LogP contribution in [0.5, 0.6) is 0 Å². The van der Waals surface area contributed by atoms with Crippen LogP contribution in [0, 0.1) is 0 Å². The second-order valence-corrected chi connectivity index (χ2v) is 22.3. The van der Waals surface area contributed by atoms with Gasteiger partial charge in [-0.1, -0.05) is 308 Å². The number of unbranched alkanes of at least 4 members (excludes halogenated alkanes) is 26. The fraction of sp³-hybridized carbons (Fsp3) is 0.649. The third-order valence-electron chi connectivity index (χ3n) is 14.3. The fourth-order valence-electron chi connectivity index (χ4n) is 9.27. The van der Waals surface area contributed by atoms with Gasteiger partial charge in [-0.15, -0.1) is 0 Å². The largest absolute Gasteiger partial charge is 0.462 e. The van der Waals surface area contributed by atoms with Crippen LogP contribution >= 0.6 is 0 Å². The van der Waals surface area contributed by atoms with Gasteiger partial charge >= 0.3 is 17.9 Å². The van der Waals surface area contributed by atoms with Crippen LogP contribution in [-0.4, -0.2) is 37.2 Å². The second-order valence-electron chi connectivity index (χ2n) is 22.3. The minimum absolute atomic E-state index is 0.0975. The van der Waals surface area contributed by atoms with E-state index < -0.39 is 6.10 Å². The van der Waals surface area contributed by atoms with E-state index in [0.29, 0.717) is 19.3 Å². The Morgan fingerprint density at radius 3 is 0.759 bits per heavy atom. The number of esters is 3. The highest BCUT2D eigenvalue weighted by molar-refractivity contribution is 5.71. The summed E-state index contributed by atoms with van der Waals surface area (Å²) in [6.45, 7) is 6.39. The molecule has 0 heterocycles. The lowest BCUT2D eigenvalue weighted by atomic mass is 10.0. The SMILES string of the molecule is CC/C=C\C/C=C\C/C=C\C/C=C\C/C=C\C/C=C\C/C=C\C/C=C\CCCCCCCCCCC(=O)OCC(COC(=O)CCCC/C=C\C/C=C\C/C=C\C/C=C\CC)OC(=O)CCCCCCCCCCCCCCCCCCC. The van der Waals surface area contributed by atoms with Gasteiger partial charge < -0.3 is 14.2 Å². The van der Waals surface area contributed by atoms with Crippen molar-refractivity contribution in [2.75, 3.05) is 13.2 Å². The van der Waals surface area contributed by atoms with Crippen molar-refractivity contribution < 1.29 is 28.6 Å². The molecule has 83 heavy (non-hydrogen) atoms. The summed E-state index contributed by atoms with van der Waals surface area (Å²) in [6.07, 6.45) is 100. The van der Waals surface area contributed by atoms with Gasteiger partial charge in [-0.05, 0) is 122 Å².